The van der Waals surface area contributed by atoms with Crippen molar-refractivity contribution < 1.29 is 13.2 Å². The third-order valence-electron chi connectivity index (χ3n) is 4.22. The first-order chi connectivity index (χ1) is 11.5. The van der Waals surface area contributed by atoms with Crippen LogP contribution < -0.4 is 5.32 Å². The maximum Gasteiger partial charge on any atom is 0.133 e. The summed E-state index contributed by atoms with van der Waals surface area (Å²) in [6, 6.07) is 6.91. The number of rotatable bonds is 4. The van der Waals surface area contributed by atoms with Crippen molar-refractivity contribution in [2.75, 3.05) is 13.1 Å². The van der Waals surface area contributed by atoms with E-state index in [0.717, 1.165) is 18.2 Å². The highest BCUT2D eigenvalue weighted by Gasteiger charge is 2.15. The second-order valence-electron chi connectivity index (χ2n) is 5.84. The number of benzene rings is 2. The molecular formula is C19H17ClF3N. The van der Waals surface area contributed by atoms with Gasteiger partial charge in [-0.25, -0.2) is 13.2 Å². The summed E-state index contributed by atoms with van der Waals surface area (Å²) in [7, 11) is 0. The van der Waals surface area contributed by atoms with Crippen molar-refractivity contribution >= 4 is 17.2 Å². The van der Waals surface area contributed by atoms with Crippen molar-refractivity contribution in [2.24, 2.45) is 0 Å². The Labute approximate surface area is 144 Å². The molecular weight excluding hydrogens is 335 g/mol. The molecule has 3 rings (SSSR count). The lowest BCUT2D eigenvalue weighted by atomic mass is 9.95. The van der Waals surface area contributed by atoms with Gasteiger partial charge in [0, 0.05) is 23.2 Å². The van der Waals surface area contributed by atoms with Gasteiger partial charge < -0.3 is 5.32 Å². The minimum Gasteiger partial charge on any atom is -0.313 e. The molecule has 0 aromatic heterocycles. The van der Waals surface area contributed by atoms with Crippen molar-refractivity contribution in [3.05, 3.63) is 75.6 Å². The summed E-state index contributed by atoms with van der Waals surface area (Å²) in [4.78, 5) is 0. The maximum atomic E-state index is 14.1. The predicted molar refractivity (Wildman–Crippen MR) is 90.6 cm³/mol. The third kappa shape index (κ3) is 3.82. The van der Waals surface area contributed by atoms with Gasteiger partial charge in [0.15, 0.2) is 0 Å². The lowest BCUT2D eigenvalue weighted by Crippen LogP contribution is -2.20. The number of nitrogens with one attached hydrogen (secondary N) is 1. The second-order valence-corrected chi connectivity index (χ2v) is 6.28. The average molecular weight is 352 g/mol. The number of hydrogen-bond acceptors (Lipinski definition) is 1. The Morgan fingerprint density at radius 1 is 0.917 bits per heavy atom. The molecule has 0 fully saturated rings. The minimum atomic E-state index is -0.597. The predicted octanol–water partition coefficient (Wildman–Crippen LogP) is 4.92. The molecule has 1 nitrogen and oxygen atoms in total. The lowest BCUT2D eigenvalue weighted by molar-refractivity contribution is 0.565. The van der Waals surface area contributed by atoms with Crippen LogP contribution in [0, 0.1) is 17.5 Å². The Hall–Kier alpha value is -1.78. The van der Waals surface area contributed by atoms with Crippen LogP contribution in [0.2, 0.25) is 5.02 Å². The number of hydrogen-bond donors (Lipinski definition) is 1. The molecule has 0 radical (unpaired) electrons. The van der Waals surface area contributed by atoms with Crippen LogP contribution in [0.1, 0.15) is 23.1 Å². The van der Waals surface area contributed by atoms with Gasteiger partial charge in [-0.15, -0.1) is 0 Å². The smallest absolute Gasteiger partial charge is 0.133 e. The first kappa shape index (κ1) is 17.1. The minimum absolute atomic E-state index is 0.295. The molecule has 24 heavy (non-hydrogen) atoms. The normalized spacial score (nSPS) is 14.6. The van der Waals surface area contributed by atoms with Crippen molar-refractivity contribution in [1.29, 1.82) is 0 Å². The molecule has 0 amide bonds. The van der Waals surface area contributed by atoms with E-state index in [9.17, 15) is 13.2 Å². The van der Waals surface area contributed by atoms with E-state index in [2.05, 4.69) is 5.32 Å². The van der Waals surface area contributed by atoms with Crippen LogP contribution in [0.3, 0.4) is 0 Å². The molecule has 0 bridgehead atoms. The highest BCUT2D eigenvalue weighted by atomic mass is 35.5. The number of aryl methyl sites for hydroxylation is 2. The zero-order valence-electron chi connectivity index (χ0n) is 13.0. The van der Waals surface area contributed by atoms with Gasteiger partial charge in [-0.2, -0.15) is 0 Å². The Balaban J connectivity index is 1.83. The van der Waals surface area contributed by atoms with Crippen molar-refractivity contribution in [3.8, 4) is 0 Å². The molecule has 1 aliphatic rings. The van der Waals surface area contributed by atoms with Crippen molar-refractivity contribution in [3.63, 3.8) is 0 Å². The number of halogens is 4. The molecule has 2 aromatic carbocycles. The standard InChI is InChI=1S/C19H17ClF3N/c20-15-4-3-13(17(21)10-15)1-2-14-9-16(19(23)11-18(14)22)12-5-7-24-8-6-12/h3-5,9-11,24H,1-2,6-8H2. The fourth-order valence-electron chi connectivity index (χ4n) is 2.89. The molecule has 1 aliphatic heterocycles. The molecule has 1 N–H and O–H groups in total. The topological polar surface area (TPSA) is 12.0 Å². The van der Waals surface area contributed by atoms with Crippen LogP contribution in [0.5, 0.6) is 0 Å². The molecule has 5 heteroatoms. The van der Waals surface area contributed by atoms with E-state index in [1.807, 2.05) is 6.08 Å². The first-order valence-electron chi connectivity index (χ1n) is 7.86. The monoisotopic (exact) mass is 351 g/mol. The third-order valence-corrected chi connectivity index (χ3v) is 4.46. The molecule has 0 saturated heterocycles. The van der Waals surface area contributed by atoms with Gasteiger partial charge in [0.2, 0.25) is 0 Å². The van der Waals surface area contributed by atoms with E-state index in [1.165, 1.54) is 6.07 Å². The van der Waals surface area contributed by atoms with Gasteiger partial charge in [0.25, 0.3) is 0 Å². The summed E-state index contributed by atoms with van der Waals surface area (Å²) in [6.45, 7) is 1.45. The van der Waals surface area contributed by atoms with Crippen LogP contribution in [0.4, 0.5) is 13.2 Å². The SMILES string of the molecule is Fc1cc(Cl)ccc1CCc1cc(C2=CCNCC2)c(F)cc1F. The Bertz CT molecular complexity index is 786. The average Bonchev–Trinajstić information content (AvgIpc) is 2.56. The van der Waals surface area contributed by atoms with Crippen molar-refractivity contribution in [2.45, 2.75) is 19.3 Å². The lowest BCUT2D eigenvalue weighted by Gasteiger charge is -2.16. The first-order valence-corrected chi connectivity index (χ1v) is 8.24. The summed E-state index contributed by atoms with van der Waals surface area (Å²) in [6.07, 6.45) is 3.24. The summed E-state index contributed by atoms with van der Waals surface area (Å²) in [5.41, 5.74) is 2.17. The Morgan fingerprint density at radius 3 is 2.38 bits per heavy atom. The van der Waals surface area contributed by atoms with Gasteiger partial charge in [-0.05, 0) is 60.7 Å². The fraction of sp³-hybridized carbons (Fsp3) is 0.263. The van der Waals surface area contributed by atoms with Crippen LogP contribution in [0.15, 0.2) is 36.4 Å². The van der Waals surface area contributed by atoms with E-state index in [0.29, 0.717) is 47.5 Å². The van der Waals surface area contributed by atoms with Gasteiger partial charge in [0.1, 0.15) is 17.5 Å². The van der Waals surface area contributed by atoms with Crippen LogP contribution in [-0.4, -0.2) is 13.1 Å². The van der Waals surface area contributed by atoms with Crippen LogP contribution in [-0.2, 0) is 12.8 Å². The van der Waals surface area contributed by atoms with E-state index in [1.54, 1.807) is 18.2 Å². The van der Waals surface area contributed by atoms with Crippen LogP contribution in [0.25, 0.3) is 5.57 Å². The highest BCUT2D eigenvalue weighted by molar-refractivity contribution is 6.30. The molecule has 0 spiro atoms. The molecule has 0 atom stereocenters. The summed E-state index contributed by atoms with van der Waals surface area (Å²) in [5.74, 6) is -1.56. The zero-order chi connectivity index (χ0) is 17.1. The second kappa shape index (κ2) is 7.41. The fourth-order valence-corrected chi connectivity index (χ4v) is 3.05. The summed E-state index contributed by atoms with van der Waals surface area (Å²) < 4.78 is 42.0. The van der Waals surface area contributed by atoms with Gasteiger partial charge >= 0.3 is 0 Å². The summed E-state index contributed by atoms with van der Waals surface area (Å²) in [5, 5.41) is 3.49. The van der Waals surface area contributed by atoms with Gasteiger partial charge in [-0.3, -0.25) is 0 Å². The van der Waals surface area contributed by atoms with Gasteiger partial charge in [-0.1, -0.05) is 23.7 Å². The largest absolute Gasteiger partial charge is 0.313 e. The molecule has 2 aromatic rings. The van der Waals surface area contributed by atoms with Crippen LogP contribution >= 0.6 is 11.6 Å². The molecule has 1 heterocycles. The highest BCUT2D eigenvalue weighted by Crippen LogP contribution is 2.26. The maximum absolute atomic E-state index is 14.1. The van der Waals surface area contributed by atoms with E-state index in [-0.39, 0.29) is 0 Å². The quantitative estimate of drug-likeness (QED) is 0.824. The Kier molecular flexibility index (Phi) is 5.27. The molecule has 0 unspecified atom stereocenters. The zero-order valence-corrected chi connectivity index (χ0v) is 13.8. The Morgan fingerprint density at radius 2 is 1.67 bits per heavy atom. The molecule has 0 saturated carbocycles. The van der Waals surface area contributed by atoms with Crippen molar-refractivity contribution in [1.82, 2.24) is 5.32 Å². The van der Waals surface area contributed by atoms with E-state index >= 15 is 0 Å². The molecule has 0 aliphatic carbocycles. The summed E-state index contributed by atoms with van der Waals surface area (Å²) >= 11 is 5.73. The molecule has 126 valence electrons. The van der Waals surface area contributed by atoms with E-state index in [4.69, 9.17) is 11.6 Å². The van der Waals surface area contributed by atoms with Gasteiger partial charge in [0.05, 0.1) is 0 Å². The van der Waals surface area contributed by atoms with E-state index < -0.39 is 17.5 Å².